The normalized spacial score (nSPS) is 19.4. The van der Waals surface area contributed by atoms with Gasteiger partial charge >= 0.3 is 0 Å². The van der Waals surface area contributed by atoms with E-state index in [1.54, 1.807) is 0 Å². The summed E-state index contributed by atoms with van der Waals surface area (Å²) in [6, 6.07) is 2.24. The number of nitrogens with one attached hydrogen (secondary N) is 1. The highest BCUT2D eigenvalue weighted by molar-refractivity contribution is 5.85. The predicted octanol–water partition coefficient (Wildman–Crippen LogP) is 2.38. The molecule has 4 nitrogen and oxygen atoms in total. The van der Waals surface area contributed by atoms with Crippen molar-refractivity contribution in [1.29, 1.82) is 5.26 Å². The van der Waals surface area contributed by atoms with Gasteiger partial charge in [-0.05, 0) is 31.6 Å². The number of aliphatic hydroxyl groups is 1. The van der Waals surface area contributed by atoms with Crippen LogP contribution in [0.4, 0.5) is 0 Å². The van der Waals surface area contributed by atoms with Crippen LogP contribution < -0.4 is 5.32 Å². The molecule has 1 aliphatic rings. The molecule has 0 aromatic rings. The van der Waals surface area contributed by atoms with Crippen molar-refractivity contribution in [3.8, 4) is 6.07 Å². The third kappa shape index (κ3) is 4.50. The number of nitrogens with zero attached hydrogens (tertiary/aromatic N) is 1. The molecule has 19 heavy (non-hydrogen) atoms. The summed E-state index contributed by atoms with van der Waals surface area (Å²) in [5.41, 5.74) is -0.797. The van der Waals surface area contributed by atoms with E-state index in [-0.39, 0.29) is 12.5 Å². The van der Waals surface area contributed by atoms with Crippen molar-refractivity contribution in [1.82, 2.24) is 5.32 Å². The summed E-state index contributed by atoms with van der Waals surface area (Å²) in [4.78, 5) is 12.3. The van der Waals surface area contributed by atoms with E-state index in [1.165, 1.54) is 0 Å². The summed E-state index contributed by atoms with van der Waals surface area (Å²) in [7, 11) is 0. The Morgan fingerprint density at radius 1 is 1.37 bits per heavy atom. The Morgan fingerprint density at radius 3 is 2.58 bits per heavy atom. The summed E-state index contributed by atoms with van der Waals surface area (Å²) < 4.78 is 0. The number of rotatable bonds is 7. The fourth-order valence-electron chi connectivity index (χ4n) is 2.89. The molecule has 0 aromatic heterocycles. The van der Waals surface area contributed by atoms with Gasteiger partial charge in [-0.15, -0.1) is 0 Å². The van der Waals surface area contributed by atoms with Gasteiger partial charge in [0.15, 0.2) is 0 Å². The van der Waals surface area contributed by atoms with Gasteiger partial charge in [-0.1, -0.05) is 32.6 Å². The predicted molar refractivity (Wildman–Crippen MR) is 74.2 cm³/mol. The van der Waals surface area contributed by atoms with Gasteiger partial charge in [0.05, 0.1) is 6.07 Å². The van der Waals surface area contributed by atoms with Crippen LogP contribution in [-0.2, 0) is 4.79 Å². The molecule has 0 heterocycles. The molecule has 1 rings (SSSR count). The first-order valence-corrected chi connectivity index (χ1v) is 7.49. The topological polar surface area (TPSA) is 73.1 Å². The minimum Gasteiger partial charge on any atom is -0.396 e. The summed E-state index contributed by atoms with van der Waals surface area (Å²) >= 11 is 0. The van der Waals surface area contributed by atoms with Crippen LogP contribution in [0, 0.1) is 22.7 Å². The summed E-state index contributed by atoms with van der Waals surface area (Å²) in [6.45, 7) is 2.84. The first-order chi connectivity index (χ1) is 9.18. The molecule has 0 saturated heterocycles. The average Bonchev–Trinajstić information content (AvgIpc) is 2.45. The molecule has 1 atom stereocenters. The van der Waals surface area contributed by atoms with E-state index in [4.69, 9.17) is 5.11 Å². The fraction of sp³-hybridized carbons (Fsp3) is 0.867. The van der Waals surface area contributed by atoms with Crippen LogP contribution in [0.1, 0.15) is 58.3 Å². The zero-order chi connectivity index (χ0) is 14.1. The van der Waals surface area contributed by atoms with Crippen LogP contribution in [0.2, 0.25) is 0 Å². The van der Waals surface area contributed by atoms with E-state index >= 15 is 0 Å². The van der Waals surface area contributed by atoms with E-state index in [1.807, 2.05) is 0 Å². The van der Waals surface area contributed by atoms with Crippen LogP contribution >= 0.6 is 0 Å². The highest BCUT2D eigenvalue weighted by atomic mass is 16.3. The summed E-state index contributed by atoms with van der Waals surface area (Å²) in [6.07, 6.45) is 7.20. The highest BCUT2D eigenvalue weighted by Crippen LogP contribution is 2.35. The molecule has 1 aliphatic carbocycles. The standard InChI is InChI=1S/C15H26N2O2/c1-2-6-13(7-10-18)11-17-14(19)15(12-16)8-4-3-5-9-15/h13,18H,2-11H2,1H3,(H,17,19). The number of carbonyl (C=O) groups is 1. The number of hydrogen-bond donors (Lipinski definition) is 2. The molecule has 0 bridgehead atoms. The maximum atomic E-state index is 12.3. The van der Waals surface area contributed by atoms with E-state index in [2.05, 4.69) is 18.3 Å². The van der Waals surface area contributed by atoms with Crippen LogP contribution in [0.3, 0.4) is 0 Å². The zero-order valence-electron chi connectivity index (χ0n) is 12.0. The highest BCUT2D eigenvalue weighted by Gasteiger charge is 2.39. The van der Waals surface area contributed by atoms with Crippen molar-refractivity contribution < 1.29 is 9.90 Å². The zero-order valence-corrected chi connectivity index (χ0v) is 12.0. The number of aliphatic hydroxyl groups excluding tert-OH is 1. The van der Waals surface area contributed by atoms with Crippen molar-refractivity contribution in [2.45, 2.75) is 58.3 Å². The van der Waals surface area contributed by atoms with Crippen LogP contribution in [0.5, 0.6) is 0 Å². The van der Waals surface area contributed by atoms with Crippen molar-refractivity contribution in [2.24, 2.45) is 11.3 Å². The molecular formula is C15H26N2O2. The number of amides is 1. The Balaban J connectivity index is 2.50. The van der Waals surface area contributed by atoms with Gasteiger partial charge in [0, 0.05) is 13.2 Å². The number of nitriles is 1. The Bertz CT molecular complexity index is 311. The third-order valence-electron chi connectivity index (χ3n) is 4.14. The quantitative estimate of drug-likeness (QED) is 0.743. The van der Waals surface area contributed by atoms with Gasteiger partial charge in [0.1, 0.15) is 5.41 Å². The lowest BCUT2D eigenvalue weighted by Crippen LogP contribution is -2.43. The van der Waals surface area contributed by atoms with Gasteiger partial charge in [-0.2, -0.15) is 5.26 Å². The average molecular weight is 266 g/mol. The maximum Gasteiger partial charge on any atom is 0.240 e. The molecule has 0 spiro atoms. The molecule has 1 amide bonds. The van der Waals surface area contributed by atoms with Gasteiger partial charge in [-0.25, -0.2) is 0 Å². The van der Waals surface area contributed by atoms with E-state index in [0.29, 0.717) is 31.7 Å². The van der Waals surface area contributed by atoms with Crippen molar-refractivity contribution >= 4 is 5.91 Å². The van der Waals surface area contributed by atoms with E-state index < -0.39 is 5.41 Å². The van der Waals surface area contributed by atoms with Gasteiger partial charge < -0.3 is 10.4 Å². The molecule has 1 saturated carbocycles. The first kappa shape index (κ1) is 16.0. The van der Waals surface area contributed by atoms with Crippen LogP contribution in [0.15, 0.2) is 0 Å². The molecule has 0 radical (unpaired) electrons. The first-order valence-electron chi connectivity index (χ1n) is 7.49. The Labute approximate surface area is 116 Å². The molecule has 0 aliphatic heterocycles. The van der Waals surface area contributed by atoms with Crippen molar-refractivity contribution in [3.63, 3.8) is 0 Å². The van der Waals surface area contributed by atoms with Crippen molar-refractivity contribution in [3.05, 3.63) is 0 Å². The Kier molecular flexibility index (Phi) is 6.86. The minimum atomic E-state index is -0.797. The molecular weight excluding hydrogens is 240 g/mol. The third-order valence-corrected chi connectivity index (χ3v) is 4.14. The lowest BCUT2D eigenvalue weighted by Gasteiger charge is -2.30. The van der Waals surface area contributed by atoms with Crippen LogP contribution in [0.25, 0.3) is 0 Å². The van der Waals surface area contributed by atoms with Crippen LogP contribution in [-0.4, -0.2) is 24.2 Å². The monoisotopic (exact) mass is 266 g/mol. The second-order valence-corrected chi connectivity index (χ2v) is 5.63. The fourth-order valence-corrected chi connectivity index (χ4v) is 2.89. The maximum absolute atomic E-state index is 12.3. The minimum absolute atomic E-state index is 0.103. The number of hydrogen-bond acceptors (Lipinski definition) is 3. The molecule has 1 fully saturated rings. The van der Waals surface area contributed by atoms with Crippen molar-refractivity contribution in [2.75, 3.05) is 13.2 Å². The lowest BCUT2D eigenvalue weighted by molar-refractivity contribution is -0.129. The lowest BCUT2D eigenvalue weighted by atomic mass is 9.74. The summed E-state index contributed by atoms with van der Waals surface area (Å²) in [5, 5.41) is 21.3. The van der Waals surface area contributed by atoms with Gasteiger partial charge in [0.25, 0.3) is 0 Å². The second-order valence-electron chi connectivity index (χ2n) is 5.63. The van der Waals surface area contributed by atoms with Gasteiger partial charge in [-0.3, -0.25) is 4.79 Å². The largest absolute Gasteiger partial charge is 0.396 e. The molecule has 4 heteroatoms. The number of carbonyl (C=O) groups excluding carboxylic acids is 1. The Morgan fingerprint density at radius 2 is 2.05 bits per heavy atom. The van der Waals surface area contributed by atoms with Gasteiger partial charge in [0.2, 0.25) is 5.91 Å². The van der Waals surface area contributed by atoms with E-state index in [0.717, 1.165) is 32.1 Å². The SMILES string of the molecule is CCCC(CCO)CNC(=O)C1(C#N)CCCCC1. The van der Waals surface area contributed by atoms with E-state index in [9.17, 15) is 10.1 Å². The molecule has 108 valence electrons. The molecule has 2 N–H and O–H groups in total. The second kappa shape index (κ2) is 8.16. The summed E-state index contributed by atoms with van der Waals surface area (Å²) in [5.74, 6) is 0.215. The smallest absolute Gasteiger partial charge is 0.240 e. The Hall–Kier alpha value is -1.08. The molecule has 1 unspecified atom stereocenters. The molecule has 0 aromatic carbocycles.